The summed E-state index contributed by atoms with van der Waals surface area (Å²) in [6, 6.07) is 11.5. The fraction of sp³-hybridized carbons (Fsp3) is 0.320. The van der Waals surface area contributed by atoms with Gasteiger partial charge in [0.1, 0.15) is 5.82 Å². The molecule has 7 heteroatoms. The van der Waals surface area contributed by atoms with Crippen molar-refractivity contribution in [3.05, 3.63) is 81.9 Å². The molecule has 1 amide bonds. The standard InChI is InChI=1S/C25H30FN5O/c1-6-31-19(5)22(18(4)30-31)13-14-27-25(28-23-12-7-16(2)15-17(23)3)29-24(32)20-8-10-21(26)11-9-20/h7-12,15H,6,13-14H2,1-5H3,(H2,27,28,29,32). The zero-order chi connectivity index (χ0) is 23.3. The molecule has 3 aromatic rings. The fourth-order valence-corrected chi connectivity index (χ4v) is 3.66. The lowest BCUT2D eigenvalue weighted by Crippen LogP contribution is -2.36. The summed E-state index contributed by atoms with van der Waals surface area (Å²) in [6.45, 7) is 11.5. The highest BCUT2D eigenvalue weighted by Gasteiger charge is 2.13. The quantitative estimate of drug-likeness (QED) is 0.435. The van der Waals surface area contributed by atoms with Crippen LogP contribution < -0.4 is 10.6 Å². The smallest absolute Gasteiger partial charge is 0.257 e. The van der Waals surface area contributed by atoms with Gasteiger partial charge in [0, 0.05) is 30.0 Å². The zero-order valence-electron chi connectivity index (χ0n) is 19.3. The van der Waals surface area contributed by atoms with Gasteiger partial charge in [-0.3, -0.25) is 19.8 Å². The molecule has 1 heterocycles. The first-order valence-corrected chi connectivity index (χ1v) is 10.8. The predicted octanol–water partition coefficient (Wildman–Crippen LogP) is 4.72. The Labute approximate surface area is 188 Å². The van der Waals surface area contributed by atoms with Gasteiger partial charge in [0.2, 0.25) is 5.96 Å². The minimum absolute atomic E-state index is 0.351. The van der Waals surface area contributed by atoms with Crippen molar-refractivity contribution in [2.24, 2.45) is 4.99 Å². The molecule has 0 spiro atoms. The van der Waals surface area contributed by atoms with Gasteiger partial charge in [-0.05, 0) is 82.5 Å². The van der Waals surface area contributed by atoms with E-state index in [4.69, 9.17) is 0 Å². The van der Waals surface area contributed by atoms with Crippen molar-refractivity contribution >= 4 is 17.6 Å². The summed E-state index contributed by atoms with van der Waals surface area (Å²) in [6.07, 6.45) is 0.710. The molecule has 0 saturated carbocycles. The Morgan fingerprint density at radius 1 is 1.09 bits per heavy atom. The number of carbonyl (C=O) groups is 1. The molecule has 0 radical (unpaired) electrons. The van der Waals surface area contributed by atoms with E-state index in [1.807, 2.05) is 37.6 Å². The molecule has 168 valence electrons. The van der Waals surface area contributed by atoms with E-state index in [0.717, 1.165) is 34.7 Å². The molecular weight excluding hydrogens is 405 g/mol. The zero-order valence-corrected chi connectivity index (χ0v) is 19.3. The molecule has 0 aliphatic carbocycles. The third-order valence-corrected chi connectivity index (χ3v) is 5.44. The van der Waals surface area contributed by atoms with E-state index in [-0.39, 0.29) is 11.7 Å². The van der Waals surface area contributed by atoms with E-state index in [2.05, 4.69) is 40.6 Å². The molecule has 0 fully saturated rings. The number of carbonyl (C=O) groups excluding carboxylic acids is 1. The Balaban J connectivity index is 1.81. The Morgan fingerprint density at radius 3 is 2.44 bits per heavy atom. The summed E-state index contributed by atoms with van der Waals surface area (Å²) < 4.78 is 15.2. The lowest BCUT2D eigenvalue weighted by atomic mass is 10.1. The first-order chi connectivity index (χ1) is 15.3. The Morgan fingerprint density at radius 2 is 1.81 bits per heavy atom. The van der Waals surface area contributed by atoms with Gasteiger partial charge in [0.25, 0.3) is 5.91 Å². The number of aromatic nitrogens is 2. The predicted molar refractivity (Wildman–Crippen MR) is 127 cm³/mol. The van der Waals surface area contributed by atoms with Crippen LogP contribution in [0.5, 0.6) is 0 Å². The number of nitrogens with one attached hydrogen (secondary N) is 2. The third-order valence-electron chi connectivity index (χ3n) is 5.44. The maximum absolute atomic E-state index is 13.2. The van der Waals surface area contributed by atoms with Gasteiger partial charge in [0.15, 0.2) is 0 Å². The summed E-state index contributed by atoms with van der Waals surface area (Å²) in [5.74, 6) is -0.390. The number of amides is 1. The molecule has 0 unspecified atom stereocenters. The Kier molecular flexibility index (Phi) is 7.41. The van der Waals surface area contributed by atoms with Crippen molar-refractivity contribution in [3.8, 4) is 0 Å². The number of guanidine groups is 1. The lowest BCUT2D eigenvalue weighted by Gasteiger charge is -2.14. The fourth-order valence-electron chi connectivity index (χ4n) is 3.66. The number of nitrogens with zero attached hydrogens (tertiary/aromatic N) is 3. The highest BCUT2D eigenvalue weighted by molar-refractivity contribution is 6.10. The van der Waals surface area contributed by atoms with E-state index in [1.165, 1.54) is 29.8 Å². The molecule has 3 rings (SSSR count). The van der Waals surface area contributed by atoms with Gasteiger partial charge in [-0.1, -0.05) is 17.7 Å². The Bertz CT molecular complexity index is 1130. The summed E-state index contributed by atoms with van der Waals surface area (Å²) in [7, 11) is 0. The van der Waals surface area contributed by atoms with E-state index < -0.39 is 0 Å². The molecule has 32 heavy (non-hydrogen) atoms. The number of aliphatic imine (C=N–C) groups is 1. The second-order valence-corrected chi connectivity index (χ2v) is 7.85. The first-order valence-electron chi connectivity index (χ1n) is 10.8. The normalized spacial score (nSPS) is 11.5. The molecule has 2 aromatic carbocycles. The van der Waals surface area contributed by atoms with E-state index in [9.17, 15) is 9.18 Å². The molecule has 1 aromatic heterocycles. The lowest BCUT2D eigenvalue weighted by molar-refractivity contribution is 0.0977. The molecule has 0 bridgehead atoms. The number of benzene rings is 2. The largest absolute Gasteiger partial charge is 0.326 e. The maximum atomic E-state index is 13.2. The summed E-state index contributed by atoms with van der Waals surface area (Å²) in [5, 5.41) is 10.6. The van der Waals surface area contributed by atoms with E-state index >= 15 is 0 Å². The van der Waals surface area contributed by atoms with Crippen molar-refractivity contribution in [2.75, 3.05) is 11.9 Å². The number of anilines is 1. The summed E-state index contributed by atoms with van der Waals surface area (Å²) in [4.78, 5) is 17.4. The monoisotopic (exact) mass is 435 g/mol. The minimum Gasteiger partial charge on any atom is -0.326 e. The van der Waals surface area contributed by atoms with Crippen LogP contribution in [0.15, 0.2) is 47.5 Å². The minimum atomic E-state index is -0.387. The van der Waals surface area contributed by atoms with E-state index in [1.54, 1.807) is 0 Å². The van der Waals surface area contributed by atoms with Crippen molar-refractivity contribution < 1.29 is 9.18 Å². The highest BCUT2D eigenvalue weighted by Crippen LogP contribution is 2.17. The van der Waals surface area contributed by atoms with Gasteiger partial charge < -0.3 is 5.32 Å². The van der Waals surface area contributed by atoms with Crippen LogP contribution in [0, 0.1) is 33.5 Å². The van der Waals surface area contributed by atoms with Gasteiger partial charge in [-0.15, -0.1) is 0 Å². The van der Waals surface area contributed by atoms with Crippen LogP contribution in [-0.2, 0) is 13.0 Å². The maximum Gasteiger partial charge on any atom is 0.257 e. The average Bonchev–Trinajstić information content (AvgIpc) is 3.03. The van der Waals surface area contributed by atoms with Crippen LogP contribution in [0.25, 0.3) is 0 Å². The number of halogens is 1. The number of rotatable bonds is 6. The molecule has 6 nitrogen and oxygen atoms in total. The number of aryl methyl sites for hydroxylation is 4. The molecular formula is C25H30FN5O. The average molecular weight is 436 g/mol. The van der Waals surface area contributed by atoms with Crippen LogP contribution in [0.1, 0.15) is 45.4 Å². The molecule has 0 aliphatic heterocycles. The molecule has 0 aliphatic rings. The van der Waals surface area contributed by atoms with Crippen molar-refractivity contribution in [1.29, 1.82) is 0 Å². The van der Waals surface area contributed by atoms with Crippen LogP contribution >= 0.6 is 0 Å². The molecule has 0 atom stereocenters. The third kappa shape index (κ3) is 5.60. The van der Waals surface area contributed by atoms with Crippen LogP contribution in [0.4, 0.5) is 10.1 Å². The van der Waals surface area contributed by atoms with Gasteiger partial charge in [-0.2, -0.15) is 5.10 Å². The van der Waals surface area contributed by atoms with E-state index in [0.29, 0.717) is 24.5 Å². The second kappa shape index (κ2) is 10.2. The second-order valence-electron chi connectivity index (χ2n) is 7.85. The first kappa shape index (κ1) is 23.2. The Hall–Kier alpha value is -3.48. The van der Waals surface area contributed by atoms with Gasteiger partial charge in [-0.25, -0.2) is 4.39 Å². The topological polar surface area (TPSA) is 71.3 Å². The van der Waals surface area contributed by atoms with Crippen molar-refractivity contribution in [3.63, 3.8) is 0 Å². The summed E-state index contributed by atoms with van der Waals surface area (Å²) >= 11 is 0. The van der Waals surface area contributed by atoms with Gasteiger partial charge in [0.05, 0.1) is 5.69 Å². The number of hydrogen-bond donors (Lipinski definition) is 2. The van der Waals surface area contributed by atoms with Crippen molar-refractivity contribution in [2.45, 2.75) is 47.6 Å². The van der Waals surface area contributed by atoms with Crippen LogP contribution in [0.2, 0.25) is 0 Å². The summed E-state index contributed by atoms with van der Waals surface area (Å²) in [5.41, 5.74) is 6.73. The highest BCUT2D eigenvalue weighted by atomic mass is 19.1. The molecule has 2 N–H and O–H groups in total. The molecule has 0 saturated heterocycles. The van der Waals surface area contributed by atoms with Crippen molar-refractivity contribution in [1.82, 2.24) is 15.1 Å². The van der Waals surface area contributed by atoms with Gasteiger partial charge >= 0.3 is 0 Å². The van der Waals surface area contributed by atoms with Crippen LogP contribution in [0.3, 0.4) is 0 Å². The SMILES string of the molecule is CCn1nc(C)c(CCN=C(NC(=O)c2ccc(F)cc2)Nc2ccc(C)cc2C)c1C. The number of hydrogen-bond acceptors (Lipinski definition) is 3. The van der Waals surface area contributed by atoms with Crippen LogP contribution in [-0.4, -0.2) is 28.2 Å².